The Hall–Kier alpha value is -1.93. The van der Waals surface area contributed by atoms with Crippen LogP contribution in [0.25, 0.3) is 0 Å². The third-order valence-corrected chi connectivity index (χ3v) is 5.35. The molecule has 1 aliphatic carbocycles. The van der Waals surface area contributed by atoms with Crippen LogP contribution >= 0.6 is 0 Å². The molecule has 8 heteroatoms. The summed E-state index contributed by atoms with van der Waals surface area (Å²) in [5, 5.41) is 5.30. The van der Waals surface area contributed by atoms with Gasteiger partial charge in [0.25, 0.3) is 0 Å². The van der Waals surface area contributed by atoms with Gasteiger partial charge in [-0.25, -0.2) is 8.42 Å². The van der Waals surface area contributed by atoms with E-state index in [2.05, 4.69) is 10.6 Å². The first-order valence-electron chi connectivity index (χ1n) is 7.39. The molecule has 1 aromatic carbocycles. The molecule has 0 bridgehead atoms. The molecule has 0 saturated heterocycles. The van der Waals surface area contributed by atoms with E-state index >= 15 is 0 Å². The SMILES string of the molecule is CC(=O)Nc1ccc(S(=O)(=O)N(C)CC(=O)NCC2CC2)cc1. The maximum Gasteiger partial charge on any atom is 0.243 e. The normalized spacial score (nSPS) is 14.6. The minimum atomic E-state index is -3.74. The second-order valence-corrected chi connectivity index (χ2v) is 7.76. The van der Waals surface area contributed by atoms with Crippen molar-refractivity contribution in [1.29, 1.82) is 0 Å². The number of amides is 2. The summed E-state index contributed by atoms with van der Waals surface area (Å²) in [5.41, 5.74) is 0.515. The van der Waals surface area contributed by atoms with Gasteiger partial charge in [-0.15, -0.1) is 0 Å². The van der Waals surface area contributed by atoms with Gasteiger partial charge in [0.2, 0.25) is 21.8 Å². The zero-order valence-corrected chi connectivity index (χ0v) is 14.0. The molecule has 0 aliphatic heterocycles. The Morgan fingerprint density at radius 2 is 1.83 bits per heavy atom. The number of nitrogens with zero attached hydrogens (tertiary/aromatic N) is 1. The van der Waals surface area contributed by atoms with Crippen LogP contribution in [0.4, 0.5) is 5.69 Å². The molecular weight excluding hydrogens is 318 g/mol. The largest absolute Gasteiger partial charge is 0.355 e. The lowest BCUT2D eigenvalue weighted by Crippen LogP contribution is -2.39. The molecule has 0 atom stereocenters. The van der Waals surface area contributed by atoms with Crippen molar-refractivity contribution in [3.8, 4) is 0 Å². The van der Waals surface area contributed by atoms with Gasteiger partial charge in [-0.05, 0) is 43.0 Å². The number of carbonyl (C=O) groups is 2. The number of hydrogen-bond donors (Lipinski definition) is 2. The van der Waals surface area contributed by atoms with Crippen molar-refractivity contribution in [1.82, 2.24) is 9.62 Å². The first kappa shape index (κ1) is 17.4. The average molecular weight is 339 g/mol. The fourth-order valence-electron chi connectivity index (χ4n) is 2.02. The topological polar surface area (TPSA) is 95.6 Å². The van der Waals surface area contributed by atoms with Crippen LogP contribution < -0.4 is 10.6 Å². The fraction of sp³-hybridized carbons (Fsp3) is 0.467. The summed E-state index contributed by atoms with van der Waals surface area (Å²) in [6.45, 7) is 1.76. The molecule has 0 heterocycles. The van der Waals surface area contributed by atoms with Gasteiger partial charge < -0.3 is 10.6 Å². The highest BCUT2D eigenvalue weighted by Crippen LogP contribution is 2.27. The minimum Gasteiger partial charge on any atom is -0.355 e. The van der Waals surface area contributed by atoms with Gasteiger partial charge >= 0.3 is 0 Å². The molecule has 23 heavy (non-hydrogen) atoms. The zero-order chi connectivity index (χ0) is 17.0. The third kappa shape index (κ3) is 5.04. The van der Waals surface area contributed by atoms with E-state index in [1.807, 2.05) is 0 Å². The van der Waals surface area contributed by atoms with Gasteiger partial charge in [-0.2, -0.15) is 4.31 Å². The predicted molar refractivity (Wildman–Crippen MR) is 86.3 cm³/mol. The summed E-state index contributed by atoms with van der Waals surface area (Å²) in [4.78, 5) is 22.8. The van der Waals surface area contributed by atoms with Crippen LogP contribution in [0.15, 0.2) is 29.2 Å². The van der Waals surface area contributed by atoms with Gasteiger partial charge in [0.15, 0.2) is 0 Å². The van der Waals surface area contributed by atoms with Gasteiger partial charge in [0.05, 0.1) is 11.4 Å². The van der Waals surface area contributed by atoms with Gasteiger partial charge in [0.1, 0.15) is 0 Å². The Kier molecular flexibility index (Phi) is 5.38. The van der Waals surface area contributed by atoms with Crippen molar-refractivity contribution in [3.05, 3.63) is 24.3 Å². The van der Waals surface area contributed by atoms with Gasteiger partial charge in [-0.3, -0.25) is 9.59 Å². The summed E-state index contributed by atoms with van der Waals surface area (Å²) in [7, 11) is -2.37. The molecule has 2 rings (SSSR count). The number of likely N-dealkylation sites (N-methyl/N-ethyl adjacent to an activating group) is 1. The lowest BCUT2D eigenvalue weighted by atomic mass is 10.3. The molecule has 2 N–H and O–H groups in total. The minimum absolute atomic E-state index is 0.0732. The highest BCUT2D eigenvalue weighted by atomic mass is 32.2. The van der Waals surface area contributed by atoms with Crippen LogP contribution in [0.3, 0.4) is 0 Å². The lowest BCUT2D eigenvalue weighted by Gasteiger charge is -2.17. The molecule has 7 nitrogen and oxygen atoms in total. The molecule has 0 radical (unpaired) electrons. The number of sulfonamides is 1. The Bertz CT molecular complexity index is 681. The predicted octanol–water partition coefficient (Wildman–Crippen LogP) is 0.792. The Morgan fingerprint density at radius 3 is 2.35 bits per heavy atom. The standard InChI is InChI=1S/C15H21N3O4S/c1-11(19)17-13-5-7-14(8-6-13)23(21,22)18(2)10-15(20)16-9-12-3-4-12/h5-8,12H,3-4,9-10H2,1-2H3,(H,16,20)(H,17,19). The molecule has 0 aromatic heterocycles. The Labute approximate surface area is 136 Å². The van der Waals surface area contributed by atoms with Crippen LogP contribution in [0, 0.1) is 5.92 Å². The number of carbonyl (C=O) groups excluding carboxylic acids is 2. The van der Waals surface area contributed by atoms with E-state index in [4.69, 9.17) is 0 Å². The van der Waals surface area contributed by atoms with Crippen molar-refractivity contribution >= 4 is 27.5 Å². The van der Waals surface area contributed by atoms with E-state index in [-0.39, 0.29) is 23.3 Å². The van der Waals surface area contributed by atoms with Gasteiger partial charge in [-0.1, -0.05) is 0 Å². The molecule has 1 saturated carbocycles. The lowest BCUT2D eigenvalue weighted by molar-refractivity contribution is -0.121. The number of anilines is 1. The number of rotatable bonds is 7. The first-order chi connectivity index (χ1) is 10.8. The highest BCUT2D eigenvalue weighted by molar-refractivity contribution is 7.89. The summed E-state index contributed by atoms with van der Waals surface area (Å²) in [6.07, 6.45) is 2.24. The second kappa shape index (κ2) is 7.10. The second-order valence-electron chi connectivity index (χ2n) is 5.71. The van der Waals surface area contributed by atoms with Crippen LogP contribution in [-0.2, 0) is 19.6 Å². The van der Waals surface area contributed by atoms with Crippen molar-refractivity contribution < 1.29 is 18.0 Å². The summed E-state index contributed by atoms with van der Waals surface area (Å²) in [5.74, 6) is 0.00471. The molecule has 0 spiro atoms. The maximum absolute atomic E-state index is 12.4. The molecule has 1 aromatic rings. The molecule has 1 aliphatic rings. The molecule has 0 unspecified atom stereocenters. The van der Waals surface area contributed by atoms with E-state index in [1.54, 1.807) is 0 Å². The molecule has 126 valence electrons. The summed E-state index contributed by atoms with van der Waals surface area (Å²) in [6, 6.07) is 5.82. The highest BCUT2D eigenvalue weighted by Gasteiger charge is 2.25. The first-order valence-corrected chi connectivity index (χ1v) is 8.84. The Morgan fingerprint density at radius 1 is 1.22 bits per heavy atom. The van der Waals surface area contributed by atoms with Crippen LogP contribution in [0.5, 0.6) is 0 Å². The smallest absolute Gasteiger partial charge is 0.243 e. The van der Waals surface area contributed by atoms with E-state index in [0.717, 1.165) is 17.1 Å². The van der Waals surface area contributed by atoms with E-state index in [9.17, 15) is 18.0 Å². The quantitative estimate of drug-likeness (QED) is 0.768. The maximum atomic E-state index is 12.4. The Balaban J connectivity index is 1.98. The number of benzene rings is 1. The van der Waals surface area contributed by atoms with E-state index < -0.39 is 10.0 Å². The van der Waals surface area contributed by atoms with Crippen LogP contribution in [0.2, 0.25) is 0 Å². The van der Waals surface area contributed by atoms with Crippen LogP contribution in [0.1, 0.15) is 19.8 Å². The van der Waals surface area contributed by atoms with Crippen molar-refractivity contribution in [2.24, 2.45) is 5.92 Å². The molecule has 2 amide bonds. The van der Waals surface area contributed by atoms with E-state index in [1.165, 1.54) is 38.2 Å². The third-order valence-electron chi connectivity index (χ3n) is 3.53. The molecular formula is C15H21N3O4S. The number of nitrogens with one attached hydrogen (secondary N) is 2. The van der Waals surface area contributed by atoms with Crippen molar-refractivity contribution in [3.63, 3.8) is 0 Å². The number of hydrogen-bond acceptors (Lipinski definition) is 4. The van der Waals surface area contributed by atoms with Crippen molar-refractivity contribution in [2.75, 3.05) is 25.5 Å². The van der Waals surface area contributed by atoms with Crippen molar-refractivity contribution in [2.45, 2.75) is 24.7 Å². The average Bonchev–Trinajstić information content (AvgIpc) is 3.29. The summed E-state index contributed by atoms with van der Waals surface area (Å²) < 4.78 is 25.8. The van der Waals surface area contributed by atoms with Crippen LogP contribution in [-0.4, -0.2) is 44.7 Å². The zero-order valence-electron chi connectivity index (χ0n) is 13.2. The fourth-order valence-corrected chi connectivity index (χ4v) is 3.14. The van der Waals surface area contributed by atoms with Gasteiger partial charge in [0, 0.05) is 26.2 Å². The monoisotopic (exact) mass is 339 g/mol. The van der Waals surface area contributed by atoms with E-state index in [0.29, 0.717) is 18.2 Å². The summed E-state index contributed by atoms with van der Waals surface area (Å²) >= 11 is 0. The molecule has 1 fully saturated rings.